The van der Waals surface area contributed by atoms with Crippen LogP contribution < -0.4 is 0 Å². The first kappa shape index (κ1) is 18.8. The summed E-state index contributed by atoms with van der Waals surface area (Å²) >= 11 is 6.59. The second-order valence-corrected chi connectivity index (χ2v) is 7.45. The van der Waals surface area contributed by atoms with E-state index in [4.69, 9.17) is 16.4 Å². The number of benzene rings is 1. The first-order chi connectivity index (χ1) is 12.4. The molecular formula is C20H22ClNO4. The van der Waals surface area contributed by atoms with Gasteiger partial charge in [0.2, 0.25) is 0 Å². The van der Waals surface area contributed by atoms with Crippen LogP contribution in [0.15, 0.2) is 11.2 Å². The summed E-state index contributed by atoms with van der Waals surface area (Å²) in [6, 6.07) is 1.70. The third-order valence-corrected chi connectivity index (χ3v) is 5.52. The fraction of sp³-hybridized carbons (Fsp3) is 0.500. The maximum atomic E-state index is 13.1. The van der Waals surface area contributed by atoms with Crippen molar-refractivity contribution in [2.24, 2.45) is 17.0 Å². The highest BCUT2D eigenvalue weighted by atomic mass is 35.5. The average molecular weight is 376 g/mol. The molecule has 2 aliphatic carbocycles. The second-order valence-electron chi connectivity index (χ2n) is 7.07. The molecule has 3 rings (SSSR count). The molecule has 1 aromatic carbocycles. The first-order valence-corrected chi connectivity index (χ1v) is 9.25. The van der Waals surface area contributed by atoms with Crippen LogP contribution >= 0.6 is 11.6 Å². The Morgan fingerprint density at radius 3 is 2.54 bits per heavy atom. The number of oxime groups is 1. The summed E-state index contributed by atoms with van der Waals surface area (Å²) in [5.41, 5.74) is 3.59. The number of nitrogens with zero attached hydrogens (tertiary/aromatic N) is 1. The molecule has 5 nitrogen and oxygen atoms in total. The Balaban J connectivity index is 2.10. The van der Waals surface area contributed by atoms with Crippen molar-refractivity contribution in [3.8, 4) is 0 Å². The molecule has 1 atom stereocenters. The Kier molecular flexibility index (Phi) is 5.28. The van der Waals surface area contributed by atoms with Gasteiger partial charge in [0.15, 0.2) is 11.6 Å². The van der Waals surface area contributed by atoms with Crippen molar-refractivity contribution < 1.29 is 19.2 Å². The Hall–Kier alpha value is -2.01. The van der Waals surface area contributed by atoms with Crippen molar-refractivity contribution in [3.63, 3.8) is 0 Å². The molecule has 0 saturated heterocycles. The van der Waals surface area contributed by atoms with E-state index in [9.17, 15) is 14.4 Å². The highest BCUT2D eigenvalue weighted by Crippen LogP contribution is 2.37. The number of Topliss-reactive ketones (excluding diaryl/α,β-unsaturated/α-hetero) is 3. The number of hydrogen-bond acceptors (Lipinski definition) is 5. The van der Waals surface area contributed by atoms with Crippen molar-refractivity contribution in [1.82, 2.24) is 0 Å². The fourth-order valence-electron chi connectivity index (χ4n) is 3.67. The topological polar surface area (TPSA) is 72.8 Å². The van der Waals surface area contributed by atoms with E-state index in [1.807, 2.05) is 6.92 Å². The van der Waals surface area contributed by atoms with Crippen LogP contribution in [0.5, 0.6) is 0 Å². The summed E-state index contributed by atoms with van der Waals surface area (Å²) < 4.78 is 0. The normalized spacial score (nSPS) is 19.0. The van der Waals surface area contributed by atoms with Crippen molar-refractivity contribution in [2.75, 3.05) is 7.11 Å². The number of aryl methyl sites for hydroxylation is 1. The Morgan fingerprint density at radius 1 is 1.27 bits per heavy atom. The molecule has 6 heteroatoms. The fourth-order valence-corrected chi connectivity index (χ4v) is 4.04. The summed E-state index contributed by atoms with van der Waals surface area (Å²) in [6.07, 6.45) is 3.97. The van der Waals surface area contributed by atoms with Gasteiger partial charge in [0, 0.05) is 17.0 Å². The minimum Gasteiger partial charge on any atom is -0.399 e. The standard InChI is InChI=1S/C20H22ClNO4/c1-10-9-14(20(25)16(11(2)23)19(24)12-7-8-12)18(21)17-13(10)5-4-6-15(17)22-26-3/h9,12,16H,4-8H2,1-3H3/b22-15-. The Labute approximate surface area is 157 Å². The first-order valence-electron chi connectivity index (χ1n) is 8.87. The number of ketones is 3. The molecule has 1 fully saturated rings. The maximum Gasteiger partial charge on any atom is 0.182 e. The van der Waals surface area contributed by atoms with E-state index in [-0.39, 0.29) is 22.3 Å². The largest absolute Gasteiger partial charge is 0.399 e. The maximum absolute atomic E-state index is 13.1. The Bertz CT molecular complexity index is 824. The van der Waals surface area contributed by atoms with Crippen LogP contribution in [0.3, 0.4) is 0 Å². The lowest BCUT2D eigenvalue weighted by molar-refractivity contribution is -0.130. The zero-order valence-electron chi connectivity index (χ0n) is 15.2. The lowest BCUT2D eigenvalue weighted by Crippen LogP contribution is -2.32. The minimum atomic E-state index is -1.26. The number of hydrogen-bond donors (Lipinski definition) is 0. The lowest BCUT2D eigenvalue weighted by Gasteiger charge is -2.23. The van der Waals surface area contributed by atoms with Crippen LogP contribution in [0.2, 0.25) is 5.02 Å². The molecule has 0 spiro atoms. The van der Waals surface area contributed by atoms with Crippen molar-refractivity contribution in [2.45, 2.75) is 46.0 Å². The van der Waals surface area contributed by atoms with E-state index in [1.54, 1.807) is 6.07 Å². The average Bonchev–Trinajstić information content (AvgIpc) is 3.43. The predicted molar refractivity (Wildman–Crippen MR) is 98.9 cm³/mol. The number of carbonyl (C=O) groups excluding carboxylic acids is 3. The van der Waals surface area contributed by atoms with Crippen molar-refractivity contribution in [3.05, 3.63) is 33.3 Å². The Morgan fingerprint density at radius 2 is 1.96 bits per heavy atom. The van der Waals surface area contributed by atoms with Gasteiger partial charge in [-0.1, -0.05) is 16.8 Å². The van der Waals surface area contributed by atoms with Crippen LogP contribution in [0.1, 0.15) is 59.7 Å². The molecule has 0 heterocycles. The summed E-state index contributed by atoms with van der Waals surface area (Å²) in [5.74, 6) is -2.64. The lowest BCUT2D eigenvalue weighted by atomic mass is 9.82. The summed E-state index contributed by atoms with van der Waals surface area (Å²) in [7, 11) is 1.47. The zero-order valence-corrected chi connectivity index (χ0v) is 16.0. The number of rotatable bonds is 6. The van der Waals surface area contributed by atoms with Gasteiger partial charge >= 0.3 is 0 Å². The monoisotopic (exact) mass is 375 g/mol. The molecule has 1 saturated carbocycles. The highest BCUT2D eigenvalue weighted by Gasteiger charge is 2.42. The zero-order chi connectivity index (χ0) is 19.0. The predicted octanol–water partition coefficient (Wildman–Crippen LogP) is 3.70. The SMILES string of the molecule is CO/N=C1/CCCc2c(C)cc(C(=O)C(C(C)=O)C(=O)C3CC3)c(Cl)c21. The molecule has 26 heavy (non-hydrogen) atoms. The molecule has 1 aromatic rings. The van der Waals surface area contributed by atoms with Gasteiger partial charge in [-0.05, 0) is 63.1 Å². The molecule has 0 aromatic heterocycles. The van der Waals surface area contributed by atoms with E-state index >= 15 is 0 Å². The molecule has 138 valence electrons. The van der Waals surface area contributed by atoms with Crippen LogP contribution in [0.4, 0.5) is 0 Å². The second kappa shape index (κ2) is 7.31. The molecule has 0 radical (unpaired) electrons. The summed E-state index contributed by atoms with van der Waals surface area (Å²) in [5, 5.41) is 4.33. The molecule has 0 bridgehead atoms. The summed E-state index contributed by atoms with van der Waals surface area (Å²) in [4.78, 5) is 42.6. The van der Waals surface area contributed by atoms with Gasteiger partial charge < -0.3 is 4.84 Å². The van der Waals surface area contributed by atoms with E-state index in [2.05, 4.69) is 5.16 Å². The molecule has 0 aliphatic heterocycles. The minimum absolute atomic E-state index is 0.170. The van der Waals surface area contributed by atoms with Crippen LogP contribution in [-0.4, -0.2) is 30.2 Å². The molecule has 2 aliphatic rings. The van der Waals surface area contributed by atoms with E-state index in [0.717, 1.165) is 36.8 Å². The van der Waals surface area contributed by atoms with Gasteiger partial charge in [-0.2, -0.15) is 0 Å². The third-order valence-electron chi connectivity index (χ3n) is 5.12. The molecule has 0 amide bonds. The quantitative estimate of drug-likeness (QED) is 0.431. The highest BCUT2D eigenvalue weighted by molar-refractivity contribution is 6.39. The van der Waals surface area contributed by atoms with Gasteiger partial charge in [0.05, 0.1) is 10.7 Å². The summed E-state index contributed by atoms with van der Waals surface area (Å²) in [6.45, 7) is 3.20. The van der Waals surface area contributed by atoms with Crippen molar-refractivity contribution in [1.29, 1.82) is 0 Å². The van der Waals surface area contributed by atoms with E-state index < -0.39 is 17.5 Å². The van der Waals surface area contributed by atoms with Gasteiger partial charge in [-0.25, -0.2) is 0 Å². The smallest absolute Gasteiger partial charge is 0.182 e. The van der Waals surface area contributed by atoms with Crippen molar-refractivity contribution >= 4 is 34.7 Å². The van der Waals surface area contributed by atoms with Gasteiger partial charge in [0.1, 0.15) is 18.8 Å². The van der Waals surface area contributed by atoms with Gasteiger partial charge in [0.25, 0.3) is 0 Å². The van der Waals surface area contributed by atoms with Gasteiger partial charge in [-0.15, -0.1) is 0 Å². The number of fused-ring (bicyclic) bond motifs is 1. The molecular weight excluding hydrogens is 354 g/mol. The number of halogens is 1. The van der Waals surface area contributed by atoms with Crippen LogP contribution in [0.25, 0.3) is 0 Å². The van der Waals surface area contributed by atoms with E-state index in [1.165, 1.54) is 14.0 Å². The third kappa shape index (κ3) is 3.32. The number of carbonyl (C=O) groups is 3. The molecule has 0 N–H and O–H groups in total. The molecule has 1 unspecified atom stereocenters. The van der Waals surface area contributed by atoms with Crippen LogP contribution in [0, 0.1) is 18.8 Å². The van der Waals surface area contributed by atoms with Gasteiger partial charge in [-0.3, -0.25) is 14.4 Å². The van der Waals surface area contributed by atoms with E-state index in [0.29, 0.717) is 17.7 Å². The van der Waals surface area contributed by atoms with Crippen LogP contribution in [-0.2, 0) is 20.8 Å².